The zero-order chi connectivity index (χ0) is 14.5. The lowest BCUT2D eigenvalue weighted by molar-refractivity contribution is 0.146. The molecule has 0 aromatic heterocycles. The van der Waals surface area contributed by atoms with E-state index < -0.39 is 0 Å². The van der Waals surface area contributed by atoms with Crippen molar-refractivity contribution < 1.29 is 0 Å². The molecule has 0 radical (unpaired) electrons. The molecule has 1 aliphatic rings. The minimum Gasteiger partial charge on any atom is -0.329 e. The van der Waals surface area contributed by atoms with Crippen molar-refractivity contribution in [3.63, 3.8) is 0 Å². The number of benzene rings is 1. The Labute approximate surface area is 127 Å². The van der Waals surface area contributed by atoms with Crippen molar-refractivity contribution in [3.05, 3.63) is 29.8 Å². The highest BCUT2D eigenvalue weighted by molar-refractivity contribution is 7.98. The molecule has 1 fully saturated rings. The lowest BCUT2D eigenvalue weighted by Gasteiger charge is -2.35. The number of thioether (sulfide) groups is 1. The predicted octanol–water partition coefficient (Wildman–Crippen LogP) is 2.43. The summed E-state index contributed by atoms with van der Waals surface area (Å²) >= 11 is 1.79. The molecule has 2 unspecified atom stereocenters. The molecule has 2 atom stereocenters. The van der Waals surface area contributed by atoms with Gasteiger partial charge in [0, 0.05) is 36.6 Å². The summed E-state index contributed by atoms with van der Waals surface area (Å²) in [5, 5.41) is 0. The fraction of sp³-hybridized carbons (Fsp3) is 0.625. The SMILES string of the molecule is CSc1ccc(C(CN)N2CCCN(C)CC2C)cc1. The quantitative estimate of drug-likeness (QED) is 0.864. The number of nitrogens with two attached hydrogens (primary N) is 1. The van der Waals surface area contributed by atoms with Crippen molar-refractivity contribution >= 4 is 11.8 Å². The van der Waals surface area contributed by atoms with Gasteiger partial charge in [0.1, 0.15) is 0 Å². The minimum absolute atomic E-state index is 0.340. The molecule has 1 saturated heterocycles. The monoisotopic (exact) mass is 293 g/mol. The van der Waals surface area contributed by atoms with Crippen LogP contribution in [0.3, 0.4) is 0 Å². The zero-order valence-electron chi connectivity index (χ0n) is 12.9. The molecule has 1 aliphatic heterocycles. The maximum atomic E-state index is 6.09. The standard InChI is InChI=1S/C16H27N3S/c1-13-12-18(2)9-4-10-19(13)16(11-17)14-5-7-15(20-3)8-6-14/h5-8,13,16H,4,9-12,17H2,1-3H3. The number of hydrogen-bond donors (Lipinski definition) is 1. The van der Waals surface area contributed by atoms with Gasteiger partial charge in [-0.05, 0) is 50.9 Å². The first-order valence-corrected chi connectivity index (χ1v) is 8.66. The molecular formula is C16H27N3S. The van der Waals surface area contributed by atoms with Crippen LogP contribution in [0, 0.1) is 0 Å². The summed E-state index contributed by atoms with van der Waals surface area (Å²) in [6, 6.07) is 9.79. The van der Waals surface area contributed by atoms with Gasteiger partial charge in [0.2, 0.25) is 0 Å². The van der Waals surface area contributed by atoms with Gasteiger partial charge in [0.25, 0.3) is 0 Å². The Balaban J connectivity index is 2.16. The summed E-state index contributed by atoms with van der Waals surface area (Å²) < 4.78 is 0. The van der Waals surface area contributed by atoms with Crippen LogP contribution >= 0.6 is 11.8 Å². The first-order valence-electron chi connectivity index (χ1n) is 7.44. The van der Waals surface area contributed by atoms with E-state index in [4.69, 9.17) is 5.73 Å². The average Bonchev–Trinajstić information content (AvgIpc) is 2.62. The van der Waals surface area contributed by atoms with Gasteiger partial charge >= 0.3 is 0 Å². The zero-order valence-corrected chi connectivity index (χ0v) is 13.7. The van der Waals surface area contributed by atoms with E-state index in [0.29, 0.717) is 18.6 Å². The molecule has 0 saturated carbocycles. The van der Waals surface area contributed by atoms with Gasteiger partial charge in [-0.15, -0.1) is 11.8 Å². The van der Waals surface area contributed by atoms with Crippen LogP contribution in [-0.4, -0.2) is 55.3 Å². The topological polar surface area (TPSA) is 32.5 Å². The van der Waals surface area contributed by atoms with E-state index in [1.54, 1.807) is 11.8 Å². The molecule has 0 aliphatic carbocycles. The van der Waals surface area contributed by atoms with Gasteiger partial charge in [0.05, 0.1) is 0 Å². The van der Waals surface area contributed by atoms with Gasteiger partial charge in [-0.3, -0.25) is 4.90 Å². The van der Waals surface area contributed by atoms with Crippen molar-refractivity contribution in [1.29, 1.82) is 0 Å². The highest BCUT2D eigenvalue weighted by Gasteiger charge is 2.26. The Bertz CT molecular complexity index is 407. The lowest BCUT2D eigenvalue weighted by Crippen LogP contribution is -2.42. The third-order valence-corrected chi connectivity index (χ3v) is 4.97. The molecule has 0 spiro atoms. The van der Waals surface area contributed by atoms with E-state index in [1.807, 2.05) is 0 Å². The van der Waals surface area contributed by atoms with E-state index in [-0.39, 0.29) is 0 Å². The van der Waals surface area contributed by atoms with Crippen LogP contribution in [0.15, 0.2) is 29.2 Å². The van der Waals surface area contributed by atoms with E-state index in [2.05, 4.69) is 54.3 Å². The van der Waals surface area contributed by atoms with Crippen molar-refractivity contribution in [2.75, 3.05) is 39.5 Å². The maximum absolute atomic E-state index is 6.09. The summed E-state index contributed by atoms with van der Waals surface area (Å²) in [6.45, 7) is 6.45. The van der Waals surface area contributed by atoms with Crippen LogP contribution in [0.4, 0.5) is 0 Å². The highest BCUT2D eigenvalue weighted by Crippen LogP contribution is 2.26. The third kappa shape index (κ3) is 3.76. The Kier molecular flexibility index (Phi) is 5.90. The van der Waals surface area contributed by atoms with Crippen LogP contribution in [0.5, 0.6) is 0 Å². The molecule has 0 amide bonds. The van der Waals surface area contributed by atoms with Gasteiger partial charge in [-0.1, -0.05) is 12.1 Å². The van der Waals surface area contributed by atoms with Crippen LogP contribution in [0.25, 0.3) is 0 Å². The normalized spacial score (nSPS) is 23.5. The molecular weight excluding hydrogens is 266 g/mol. The van der Waals surface area contributed by atoms with Crippen molar-refractivity contribution in [3.8, 4) is 0 Å². The van der Waals surface area contributed by atoms with Crippen molar-refractivity contribution in [2.45, 2.75) is 30.3 Å². The van der Waals surface area contributed by atoms with E-state index in [1.165, 1.54) is 23.4 Å². The number of rotatable bonds is 4. The second-order valence-electron chi connectivity index (χ2n) is 5.73. The molecule has 1 heterocycles. The summed E-state index contributed by atoms with van der Waals surface area (Å²) in [7, 11) is 2.21. The fourth-order valence-corrected chi connectivity index (χ4v) is 3.55. The average molecular weight is 293 g/mol. The summed E-state index contributed by atoms with van der Waals surface area (Å²) in [5.41, 5.74) is 7.44. The van der Waals surface area contributed by atoms with Gasteiger partial charge in [0.15, 0.2) is 0 Å². The van der Waals surface area contributed by atoms with Gasteiger partial charge in [-0.2, -0.15) is 0 Å². The van der Waals surface area contributed by atoms with E-state index >= 15 is 0 Å². The maximum Gasteiger partial charge on any atom is 0.0473 e. The fourth-order valence-electron chi connectivity index (χ4n) is 3.14. The van der Waals surface area contributed by atoms with E-state index in [9.17, 15) is 0 Å². The second kappa shape index (κ2) is 7.46. The molecule has 3 nitrogen and oxygen atoms in total. The van der Waals surface area contributed by atoms with Crippen LogP contribution in [0.1, 0.15) is 24.9 Å². The molecule has 2 N–H and O–H groups in total. The molecule has 1 aromatic carbocycles. The minimum atomic E-state index is 0.340. The molecule has 0 bridgehead atoms. The summed E-state index contributed by atoms with van der Waals surface area (Å²) in [6.07, 6.45) is 3.34. The Morgan fingerprint density at radius 1 is 1.30 bits per heavy atom. The van der Waals surface area contributed by atoms with Crippen LogP contribution < -0.4 is 5.73 Å². The molecule has 4 heteroatoms. The molecule has 112 valence electrons. The highest BCUT2D eigenvalue weighted by atomic mass is 32.2. The summed E-state index contributed by atoms with van der Waals surface area (Å²) in [5.74, 6) is 0. The molecule has 2 rings (SSSR count). The van der Waals surface area contributed by atoms with Crippen LogP contribution in [-0.2, 0) is 0 Å². The van der Waals surface area contributed by atoms with Crippen molar-refractivity contribution in [1.82, 2.24) is 9.80 Å². The van der Waals surface area contributed by atoms with Gasteiger partial charge in [-0.25, -0.2) is 0 Å². The third-order valence-electron chi connectivity index (χ3n) is 4.22. The Morgan fingerprint density at radius 2 is 2.00 bits per heavy atom. The van der Waals surface area contributed by atoms with Gasteiger partial charge < -0.3 is 10.6 Å². The van der Waals surface area contributed by atoms with E-state index in [0.717, 1.165) is 13.1 Å². The summed E-state index contributed by atoms with van der Waals surface area (Å²) in [4.78, 5) is 6.32. The largest absolute Gasteiger partial charge is 0.329 e. The first kappa shape index (κ1) is 15.8. The lowest BCUT2D eigenvalue weighted by atomic mass is 10.0. The second-order valence-corrected chi connectivity index (χ2v) is 6.61. The van der Waals surface area contributed by atoms with Crippen LogP contribution in [0.2, 0.25) is 0 Å². The Morgan fingerprint density at radius 3 is 2.60 bits per heavy atom. The number of nitrogens with zero attached hydrogens (tertiary/aromatic N) is 2. The number of likely N-dealkylation sites (N-methyl/N-ethyl adjacent to an activating group) is 1. The Hall–Kier alpha value is -0.550. The predicted molar refractivity (Wildman–Crippen MR) is 88.3 cm³/mol. The number of hydrogen-bond acceptors (Lipinski definition) is 4. The molecule has 1 aromatic rings. The smallest absolute Gasteiger partial charge is 0.0473 e. The van der Waals surface area contributed by atoms with Crippen molar-refractivity contribution in [2.24, 2.45) is 5.73 Å². The molecule has 20 heavy (non-hydrogen) atoms. The first-order chi connectivity index (χ1) is 9.65.